The Morgan fingerprint density at radius 1 is 1.40 bits per heavy atom. The molecular formula is C12H15NO2. The molecule has 0 spiro atoms. The minimum Gasteiger partial charge on any atom is -0.465 e. The Morgan fingerprint density at radius 3 is 2.67 bits per heavy atom. The summed E-state index contributed by atoms with van der Waals surface area (Å²) in [5.41, 5.74) is 1.92. The monoisotopic (exact) mass is 205 g/mol. The van der Waals surface area contributed by atoms with E-state index in [1.807, 2.05) is 24.3 Å². The molecule has 80 valence electrons. The molecule has 1 aromatic carbocycles. The number of methoxy groups -OCH3 is 1. The first-order chi connectivity index (χ1) is 7.31. The number of esters is 1. The highest BCUT2D eigenvalue weighted by molar-refractivity contribution is 5.89. The predicted molar refractivity (Wildman–Crippen MR) is 58.0 cm³/mol. The van der Waals surface area contributed by atoms with Crippen molar-refractivity contribution in [2.75, 3.05) is 20.2 Å². The average Bonchev–Trinajstić information content (AvgIpc) is 2.82. The molecule has 15 heavy (non-hydrogen) atoms. The Bertz CT molecular complexity index is 339. The lowest BCUT2D eigenvalue weighted by Gasteiger charge is -2.08. The van der Waals surface area contributed by atoms with Crippen LogP contribution in [0.3, 0.4) is 0 Å². The van der Waals surface area contributed by atoms with Crippen molar-refractivity contribution in [3.63, 3.8) is 0 Å². The molecule has 0 unspecified atom stereocenters. The average molecular weight is 205 g/mol. The molecule has 1 aliphatic heterocycles. The summed E-state index contributed by atoms with van der Waals surface area (Å²) in [7, 11) is 1.40. The molecule has 0 aliphatic carbocycles. The third kappa shape index (κ3) is 2.18. The second kappa shape index (κ2) is 4.45. The van der Waals surface area contributed by atoms with Crippen LogP contribution in [-0.4, -0.2) is 26.2 Å². The van der Waals surface area contributed by atoms with E-state index in [9.17, 15) is 4.79 Å². The van der Waals surface area contributed by atoms with E-state index < -0.39 is 0 Å². The molecule has 1 heterocycles. The summed E-state index contributed by atoms with van der Waals surface area (Å²) in [5.74, 6) is 0.322. The fourth-order valence-electron chi connectivity index (χ4n) is 1.95. The maximum Gasteiger partial charge on any atom is 0.337 e. The Balaban J connectivity index is 2.12. The van der Waals surface area contributed by atoms with E-state index in [-0.39, 0.29) is 5.97 Å². The molecule has 0 amide bonds. The summed E-state index contributed by atoms with van der Waals surface area (Å²) in [6.07, 6.45) is 1.18. The van der Waals surface area contributed by atoms with Gasteiger partial charge in [0.1, 0.15) is 0 Å². The van der Waals surface area contributed by atoms with E-state index in [0.717, 1.165) is 13.1 Å². The van der Waals surface area contributed by atoms with E-state index in [1.54, 1.807) is 0 Å². The molecule has 3 heteroatoms. The van der Waals surface area contributed by atoms with Crippen LogP contribution in [0.1, 0.15) is 28.3 Å². The van der Waals surface area contributed by atoms with Gasteiger partial charge in [0.2, 0.25) is 0 Å². The normalized spacial score (nSPS) is 20.2. The minimum atomic E-state index is -0.272. The zero-order valence-electron chi connectivity index (χ0n) is 8.82. The van der Waals surface area contributed by atoms with Crippen LogP contribution >= 0.6 is 0 Å². The largest absolute Gasteiger partial charge is 0.465 e. The molecule has 1 atom stereocenters. The van der Waals surface area contributed by atoms with Crippen LogP contribution in [0.2, 0.25) is 0 Å². The number of nitrogens with one attached hydrogen (secondary N) is 1. The fourth-order valence-corrected chi connectivity index (χ4v) is 1.95. The van der Waals surface area contributed by atoms with Crippen LogP contribution in [0.4, 0.5) is 0 Å². The fraction of sp³-hybridized carbons (Fsp3) is 0.417. The van der Waals surface area contributed by atoms with Gasteiger partial charge in [-0.15, -0.1) is 0 Å². The highest BCUT2D eigenvalue weighted by Gasteiger charge is 2.16. The lowest BCUT2D eigenvalue weighted by Crippen LogP contribution is -2.08. The summed E-state index contributed by atoms with van der Waals surface area (Å²) in [4.78, 5) is 11.2. The molecule has 0 saturated carbocycles. The topological polar surface area (TPSA) is 38.3 Å². The first-order valence-electron chi connectivity index (χ1n) is 5.20. The highest BCUT2D eigenvalue weighted by Crippen LogP contribution is 2.22. The molecule has 2 rings (SSSR count). The Hall–Kier alpha value is -1.35. The second-order valence-electron chi connectivity index (χ2n) is 3.80. The summed E-state index contributed by atoms with van der Waals surface area (Å²) in [6, 6.07) is 7.70. The molecule has 1 aromatic rings. The van der Waals surface area contributed by atoms with Gasteiger partial charge in [0.05, 0.1) is 12.7 Å². The van der Waals surface area contributed by atoms with Gasteiger partial charge in [-0.05, 0) is 36.6 Å². The van der Waals surface area contributed by atoms with Crippen molar-refractivity contribution in [3.05, 3.63) is 35.4 Å². The van der Waals surface area contributed by atoms with E-state index in [0.29, 0.717) is 11.5 Å². The first kappa shape index (κ1) is 10.2. The number of hydrogen-bond acceptors (Lipinski definition) is 3. The van der Waals surface area contributed by atoms with Crippen molar-refractivity contribution in [1.29, 1.82) is 0 Å². The van der Waals surface area contributed by atoms with Gasteiger partial charge in [0.25, 0.3) is 0 Å². The second-order valence-corrected chi connectivity index (χ2v) is 3.80. The van der Waals surface area contributed by atoms with Gasteiger partial charge in [-0.25, -0.2) is 4.79 Å². The van der Waals surface area contributed by atoms with Crippen LogP contribution in [0.5, 0.6) is 0 Å². The Kier molecular flexibility index (Phi) is 3.02. The SMILES string of the molecule is COC(=O)c1ccc([C@H]2CCNC2)cc1. The quantitative estimate of drug-likeness (QED) is 0.744. The van der Waals surface area contributed by atoms with Crippen LogP contribution in [-0.2, 0) is 4.74 Å². The summed E-state index contributed by atoms with van der Waals surface area (Å²) >= 11 is 0. The summed E-state index contributed by atoms with van der Waals surface area (Å²) in [6.45, 7) is 2.13. The van der Waals surface area contributed by atoms with E-state index in [1.165, 1.54) is 19.1 Å². The predicted octanol–water partition coefficient (Wildman–Crippen LogP) is 1.55. The summed E-state index contributed by atoms with van der Waals surface area (Å²) < 4.78 is 4.65. The standard InChI is InChI=1S/C12H15NO2/c1-15-12(14)10-4-2-9(3-5-10)11-6-7-13-8-11/h2-5,11,13H,6-8H2,1H3/t11-/m0/s1. The van der Waals surface area contributed by atoms with Crippen LogP contribution in [0.25, 0.3) is 0 Å². The van der Waals surface area contributed by atoms with Crippen LogP contribution in [0, 0.1) is 0 Å². The Morgan fingerprint density at radius 2 is 2.13 bits per heavy atom. The van der Waals surface area contributed by atoms with Gasteiger partial charge in [0.15, 0.2) is 0 Å². The molecule has 0 radical (unpaired) electrons. The van der Waals surface area contributed by atoms with Crippen LogP contribution < -0.4 is 5.32 Å². The first-order valence-corrected chi connectivity index (χ1v) is 5.20. The van der Waals surface area contributed by atoms with Gasteiger partial charge in [-0.1, -0.05) is 12.1 Å². The number of ether oxygens (including phenoxy) is 1. The maximum absolute atomic E-state index is 11.2. The summed E-state index contributed by atoms with van der Waals surface area (Å²) in [5, 5.41) is 3.33. The van der Waals surface area contributed by atoms with Crippen LogP contribution in [0.15, 0.2) is 24.3 Å². The van der Waals surface area contributed by atoms with Crippen molar-refractivity contribution in [2.45, 2.75) is 12.3 Å². The van der Waals surface area contributed by atoms with Crippen molar-refractivity contribution in [3.8, 4) is 0 Å². The van der Waals surface area contributed by atoms with E-state index in [4.69, 9.17) is 0 Å². The van der Waals surface area contributed by atoms with Gasteiger partial charge < -0.3 is 10.1 Å². The van der Waals surface area contributed by atoms with Gasteiger partial charge in [-0.2, -0.15) is 0 Å². The molecule has 1 N–H and O–H groups in total. The molecular weight excluding hydrogens is 190 g/mol. The third-order valence-corrected chi connectivity index (χ3v) is 2.86. The molecule has 1 fully saturated rings. The van der Waals surface area contributed by atoms with Gasteiger partial charge in [0, 0.05) is 6.54 Å². The number of carbonyl (C=O) groups excluding carboxylic acids is 1. The number of rotatable bonds is 2. The zero-order chi connectivity index (χ0) is 10.7. The van der Waals surface area contributed by atoms with E-state index >= 15 is 0 Å². The molecule has 1 aliphatic rings. The number of hydrogen-bond donors (Lipinski definition) is 1. The van der Waals surface area contributed by atoms with Crippen molar-refractivity contribution < 1.29 is 9.53 Å². The number of benzene rings is 1. The van der Waals surface area contributed by atoms with Gasteiger partial charge >= 0.3 is 5.97 Å². The Labute approximate surface area is 89.4 Å². The number of carbonyl (C=O) groups is 1. The van der Waals surface area contributed by atoms with Crippen molar-refractivity contribution >= 4 is 5.97 Å². The zero-order valence-corrected chi connectivity index (χ0v) is 8.82. The van der Waals surface area contributed by atoms with Crippen molar-refractivity contribution in [1.82, 2.24) is 5.32 Å². The molecule has 1 saturated heterocycles. The highest BCUT2D eigenvalue weighted by atomic mass is 16.5. The molecule has 0 aromatic heterocycles. The molecule has 3 nitrogen and oxygen atoms in total. The van der Waals surface area contributed by atoms with Crippen molar-refractivity contribution in [2.24, 2.45) is 0 Å². The lowest BCUT2D eigenvalue weighted by atomic mass is 9.97. The minimum absolute atomic E-state index is 0.272. The lowest BCUT2D eigenvalue weighted by molar-refractivity contribution is 0.0600. The molecule has 0 bridgehead atoms. The third-order valence-electron chi connectivity index (χ3n) is 2.86. The van der Waals surface area contributed by atoms with Gasteiger partial charge in [-0.3, -0.25) is 0 Å². The van der Waals surface area contributed by atoms with E-state index in [2.05, 4.69) is 10.1 Å². The maximum atomic E-state index is 11.2. The smallest absolute Gasteiger partial charge is 0.337 e.